The number of carbonyl (C=O) groups is 1. The van der Waals surface area contributed by atoms with Crippen LogP contribution >= 0.6 is 15.9 Å². The molecule has 0 aliphatic rings. The van der Waals surface area contributed by atoms with Gasteiger partial charge in [-0.1, -0.05) is 15.9 Å². The number of aliphatic hydroxyl groups excluding tert-OH is 1. The first-order chi connectivity index (χ1) is 8.08. The molecule has 1 N–H and O–H groups in total. The summed E-state index contributed by atoms with van der Waals surface area (Å²) in [6.07, 6.45) is 0. The summed E-state index contributed by atoms with van der Waals surface area (Å²) in [7, 11) is 0. The highest BCUT2D eigenvalue weighted by Gasteiger charge is 2.08. The Kier molecular flexibility index (Phi) is 5.44. The lowest BCUT2D eigenvalue weighted by atomic mass is 10.1. The van der Waals surface area contributed by atoms with Crippen molar-refractivity contribution < 1.29 is 19.4 Å². The fraction of sp³-hybridized carbons (Fsp3) is 0.417. The minimum atomic E-state index is -0.396. The molecule has 0 saturated carbocycles. The number of ether oxygens (including phenoxy) is 2. The van der Waals surface area contributed by atoms with Gasteiger partial charge in [-0.2, -0.15) is 0 Å². The Bertz CT molecular complexity index is 380. The first-order valence-corrected chi connectivity index (χ1v) is 6.06. The molecule has 1 aromatic carbocycles. The second-order valence-electron chi connectivity index (χ2n) is 3.45. The smallest absolute Gasteiger partial charge is 0.344 e. The molecule has 0 saturated heterocycles. The zero-order chi connectivity index (χ0) is 12.8. The standard InChI is InChI=1S/C12H15BrO4/c1-3-16-12(15)7-17-9-4-8(2)10(6-14)11(13)5-9/h4-5,14H,3,6-7H2,1-2H3. The molecule has 1 aromatic rings. The van der Waals surface area contributed by atoms with Crippen LogP contribution in [0.5, 0.6) is 5.75 Å². The Morgan fingerprint density at radius 1 is 1.47 bits per heavy atom. The Hall–Kier alpha value is -1.07. The molecule has 0 fully saturated rings. The van der Waals surface area contributed by atoms with Gasteiger partial charge < -0.3 is 14.6 Å². The number of esters is 1. The zero-order valence-electron chi connectivity index (χ0n) is 9.83. The van der Waals surface area contributed by atoms with E-state index >= 15 is 0 Å². The number of aliphatic hydroxyl groups is 1. The highest BCUT2D eigenvalue weighted by molar-refractivity contribution is 9.10. The number of benzene rings is 1. The van der Waals surface area contributed by atoms with Crippen LogP contribution in [-0.2, 0) is 16.1 Å². The van der Waals surface area contributed by atoms with Gasteiger partial charge in [-0.25, -0.2) is 4.79 Å². The second kappa shape index (κ2) is 6.61. The summed E-state index contributed by atoms with van der Waals surface area (Å²) in [6, 6.07) is 3.49. The normalized spacial score (nSPS) is 10.1. The molecule has 0 spiro atoms. The van der Waals surface area contributed by atoms with Crippen molar-refractivity contribution in [3.63, 3.8) is 0 Å². The summed E-state index contributed by atoms with van der Waals surface area (Å²) in [6.45, 7) is 3.80. The summed E-state index contributed by atoms with van der Waals surface area (Å²) in [5.74, 6) is 0.173. The van der Waals surface area contributed by atoms with Crippen LogP contribution < -0.4 is 4.74 Å². The number of rotatable bonds is 5. The lowest BCUT2D eigenvalue weighted by molar-refractivity contribution is -0.145. The molecule has 94 valence electrons. The maximum atomic E-state index is 11.1. The van der Waals surface area contributed by atoms with Crippen molar-refractivity contribution in [2.75, 3.05) is 13.2 Å². The average Bonchev–Trinajstić information content (AvgIpc) is 2.26. The van der Waals surface area contributed by atoms with Gasteiger partial charge in [0.15, 0.2) is 6.61 Å². The molecule has 0 radical (unpaired) electrons. The molecule has 0 atom stereocenters. The largest absolute Gasteiger partial charge is 0.482 e. The lowest BCUT2D eigenvalue weighted by Crippen LogP contribution is -2.14. The van der Waals surface area contributed by atoms with E-state index in [1.807, 2.05) is 6.92 Å². The molecule has 0 aliphatic heterocycles. The average molecular weight is 303 g/mol. The van der Waals surface area contributed by atoms with E-state index < -0.39 is 5.97 Å². The minimum Gasteiger partial charge on any atom is -0.482 e. The number of halogens is 1. The highest BCUT2D eigenvalue weighted by atomic mass is 79.9. The first-order valence-electron chi connectivity index (χ1n) is 5.26. The van der Waals surface area contributed by atoms with Crippen LogP contribution in [0.3, 0.4) is 0 Å². The van der Waals surface area contributed by atoms with Crippen LogP contribution in [0.4, 0.5) is 0 Å². The Balaban J connectivity index is 2.70. The van der Waals surface area contributed by atoms with Crippen molar-refractivity contribution >= 4 is 21.9 Å². The van der Waals surface area contributed by atoms with E-state index in [-0.39, 0.29) is 13.2 Å². The first kappa shape index (κ1) is 14.0. The predicted octanol–water partition coefficient (Wildman–Crippen LogP) is 2.19. The summed E-state index contributed by atoms with van der Waals surface area (Å²) in [5.41, 5.74) is 1.72. The van der Waals surface area contributed by atoms with E-state index in [0.717, 1.165) is 15.6 Å². The molecule has 5 heteroatoms. The molecule has 0 unspecified atom stereocenters. The molecular formula is C12H15BrO4. The van der Waals surface area contributed by atoms with E-state index in [1.54, 1.807) is 19.1 Å². The van der Waals surface area contributed by atoms with Crippen LogP contribution in [0.1, 0.15) is 18.1 Å². The van der Waals surface area contributed by atoms with Crippen molar-refractivity contribution in [2.24, 2.45) is 0 Å². The molecule has 0 amide bonds. The monoisotopic (exact) mass is 302 g/mol. The van der Waals surface area contributed by atoms with E-state index in [1.165, 1.54) is 0 Å². The fourth-order valence-corrected chi connectivity index (χ4v) is 2.03. The van der Waals surface area contributed by atoms with Crippen molar-refractivity contribution in [1.29, 1.82) is 0 Å². The molecule has 4 nitrogen and oxygen atoms in total. The molecule has 17 heavy (non-hydrogen) atoms. The zero-order valence-corrected chi connectivity index (χ0v) is 11.4. The van der Waals surface area contributed by atoms with Gasteiger partial charge in [0.05, 0.1) is 13.2 Å². The summed E-state index contributed by atoms with van der Waals surface area (Å²) in [5, 5.41) is 9.13. The summed E-state index contributed by atoms with van der Waals surface area (Å²) >= 11 is 3.34. The van der Waals surface area contributed by atoms with Crippen LogP contribution in [-0.4, -0.2) is 24.3 Å². The molecule has 0 heterocycles. The maximum Gasteiger partial charge on any atom is 0.344 e. The molecule has 0 aromatic heterocycles. The number of hydrogen-bond acceptors (Lipinski definition) is 4. The Morgan fingerprint density at radius 2 is 2.18 bits per heavy atom. The van der Waals surface area contributed by atoms with Crippen molar-refractivity contribution in [2.45, 2.75) is 20.5 Å². The third-order valence-electron chi connectivity index (χ3n) is 2.21. The van der Waals surface area contributed by atoms with E-state index in [0.29, 0.717) is 12.4 Å². The van der Waals surface area contributed by atoms with Crippen molar-refractivity contribution in [3.8, 4) is 5.75 Å². The van der Waals surface area contributed by atoms with Gasteiger partial charge in [-0.15, -0.1) is 0 Å². The van der Waals surface area contributed by atoms with Gasteiger partial charge in [0.1, 0.15) is 5.75 Å². The van der Waals surface area contributed by atoms with Gasteiger partial charge in [0.2, 0.25) is 0 Å². The highest BCUT2D eigenvalue weighted by Crippen LogP contribution is 2.26. The Morgan fingerprint density at radius 3 is 2.71 bits per heavy atom. The van der Waals surface area contributed by atoms with Crippen LogP contribution in [0.15, 0.2) is 16.6 Å². The fourth-order valence-electron chi connectivity index (χ4n) is 1.37. The number of hydrogen-bond donors (Lipinski definition) is 1. The van der Waals surface area contributed by atoms with Gasteiger partial charge >= 0.3 is 5.97 Å². The number of carbonyl (C=O) groups excluding carboxylic acids is 1. The minimum absolute atomic E-state index is 0.0371. The van der Waals surface area contributed by atoms with Crippen LogP contribution in [0.25, 0.3) is 0 Å². The van der Waals surface area contributed by atoms with Gasteiger partial charge in [0, 0.05) is 4.47 Å². The van der Waals surface area contributed by atoms with E-state index in [4.69, 9.17) is 14.6 Å². The van der Waals surface area contributed by atoms with Crippen molar-refractivity contribution in [1.82, 2.24) is 0 Å². The lowest BCUT2D eigenvalue weighted by Gasteiger charge is -2.10. The van der Waals surface area contributed by atoms with Crippen molar-refractivity contribution in [3.05, 3.63) is 27.7 Å². The number of aryl methyl sites for hydroxylation is 1. The van der Waals surface area contributed by atoms with Crippen LogP contribution in [0.2, 0.25) is 0 Å². The Labute approximate surface area is 109 Å². The second-order valence-corrected chi connectivity index (χ2v) is 4.31. The summed E-state index contributed by atoms with van der Waals surface area (Å²) in [4.78, 5) is 11.1. The molecule has 0 aliphatic carbocycles. The third-order valence-corrected chi connectivity index (χ3v) is 2.92. The molecule has 1 rings (SSSR count). The topological polar surface area (TPSA) is 55.8 Å². The van der Waals surface area contributed by atoms with Gasteiger partial charge in [-0.05, 0) is 37.1 Å². The summed E-state index contributed by atoms with van der Waals surface area (Å²) < 4.78 is 10.8. The predicted molar refractivity (Wildman–Crippen MR) is 66.9 cm³/mol. The quantitative estimate of drug-likeness (QED) is 0.847. The SMILES string of the molecule is CCOC(=O)COc1cc(C)c(CO)c(Br)c1. The van der Waals surface area contributed by atoms with Crippen LogP contribution in [0, 0.1) is 6.92 Å². The van der Waals surface area contributed by atoms with E-state index in [2.05, 4.69) is 15.9 Å². The molecular weight excluding hydrogens is 288 g/mol. The maximum absolute atomic E-state index is 11.1. The van der Waals surface area contributed by atoms with Gasteiger partial charge in [0.25, 0.3) is 0 Å². The van der Waals surface area contributed by atoms with Gasteiger partial charge in [-0.3, -0.25) is 0 Å². The molecule has 0 bridgehead atoms. The van der Waals surface area contributed by atoms with E-state index in [9.17, 15) is 4.79 Å². The third kappa shape index (κ3) is 4.02.